The molecule has 4 heterocycles. The fourth-order valence-electron chi connectivity index (χ4n) is 15.8. The molecule has 7 aromatic rings. The van der Waals surface area contributed by atoms with E-state index in [4.69, 9.17) is 45.2 Å². The zero-order valence-electron chi connectivity index (χ0n) is 82.0. The SMILES string of the molecule is CCN(CC)C(=O)c1ccc(C(=C2CCN(CCOC)CC2)c2cccc(N)c2)cc1.CCN(CC)C(=O)c1ccc(C(=C2CCN(CCOC)CC2)c2cccc(NC(=O)OC)c2)cc1.CCN(CC)C(=O)c1ccc(C(Br)=C2CCN(C(=O)OC(C)(C)C)CC2)cc1.CCN(CC)C(=O)c1ccc(C(Br)=C2CCN(CCOC)CC2)cc1.COCCBr.Nc1cccc(B(O)O)c1. The van der Waals surface area contributed by atoms with Crippen molar-refractivity contribution >= 4 is 133 Å². The van der Waals surface area contributed by atoms with Crippen molar-refractivity contribution in [2.75, 3.05) is 208 Å². The Morgan fingerprint density at radius 3 is 0.970 bits per heavy atom. The highest BCUT2D eigenvalue weighted by atomic mass is 79.9. The number of nitrogens with one attached hydrogen (secondary N) is 1. The third-order valence-corrected chi connectivity index (χ3v) is 26.0. The van der Waals surface area contributed by atoms with Crippen molar-refractivity contribution in [3.8, 4) is 0 Å². The Hall–Kier alpha value is -9.34. The van der Waals surface area contributed by atoms with Crippen molar-refractivity contribution in [2.24, 2.45) is 0 Å². The van der Waals surface area contributed by atoms with E-state index >= 15 is 0 Å². The molecule has 0 aromatic heterocycles. The van der Waals surface area contributed by atoms with E-state index < -0.39 is 18.8 Å². The highest BCUT2D eigenvalue weighted by molar-refractivity contribution is 9.15. The molecule has 134 heavy (non-hydrogen) atoms. The van der Waals surface area contributed by atoms with Gasteiger partial charge in [0.25, 0.3) is 23.6 Å². The van der Waals surface area contributed by atoms with Gasteiger partial charge in [-0.25, -0.2) is 9.59 Å². The molecular weight excluding hydrogens is 1890 g/mol. The first-order valence-corrected chi connectivity index (χ1v) is 49.6. The molecular formula is C105H147BBr3N11O14. The predicted molar refractivity (Wildman–Crippen MR) is 558 cm³/mol. The van der Waals surface area contributed by atoms with Gasteiger partial charge < -0.3 is 89.1 Å². The van der Waals surface area contributed by atoms with Crippen LogP contribution in [0.25, 0.3) is 20.1 Å². The molecule has 4 saturated heterocycles. The summed E-state index contributed by atoms with van der Waals surface area (Å²) < 4.78 is 32.7. The minimum atomic E-state index is -1.43. The number of benzene rings is 7. The molecule has 25 nitrogen and oxygen atoms in total. The third-order valence-electron chi connectivity index (χ3n) is 23.6. The number of hydrogen-bond acceptors (Lipinski definition) is 19. The number of halogens is 3. The lowest BCUT2D eigenvalue weighted by Gasteiger charge is -2.31. The maximum atomic E-state index is 12.8. The monoisotopic (exact) mass is 2030 g/mol. The van der Waals surface area contributed by atoms with Crippen molar-refractivity contribution < 1.29 is 67.2 Å². The topological polar surface area (TPSA) is 288 Å². The Morgan fingerprint density at radius 1 is 0.388 bits per heavy atom. The first-order chi connectivity index (χ1) is 64.4. The number of likely N-dealkylation sites (tertiary alicyclic amines) is 4. The number of nitrogen functional groups attached to an aromatic ring is 2. The lowest BCUT2D eigenvalue weighted by molar-refractivity contribution is 0.0236. The Morgan fingerprint density at radius 2 is 0.687 bits per heavy atom. The smallest absolute Gasteiger partial charge is 0.453 e. The second-order valence-corrected chi connectivity index (χ2v) is 35.9. The van der Waals surface area contributed by atoms with Gasteiger partial charge in [-0.1, -0.05) is 155 Å². The largest absolute Gasteiger partial charge is 0.488 e. The minimum Gasteiger partial charge on any atom is -0.453 e. The normalized spacial score (nSPS) is 13.9. The van der Waals surface area contributed by atoms with Gasteiger partial charge >= 0.3 is 19.3 Å². The summed E-state index contributed by atoms with van der Waals surface area (Å²) >= 11 is 10.7. The summed E-state index contributed by atoms with van der Waals surface area (Å²) in [6.45, 7) is 40.8. The third kappa shape index (κ3) is 37.0. The van der Waals surface area contributed by atoms with E-state index in [-0.39, 0.29) is 29.7 Å². The number of methoxy groups -OCH3 is 5. The highest BCUT2D eigenvalue weighted by Crippen LogP contribution is 2.38. The molecule has 0 saturated carbocycles. The van der Waals surface area contributed by atoms with Gasteiger partial charge in [-0.2, -0.15) is 0 Å². The van der Waals surface area contributed by atoms with Gasteiger partial charge in [0.05, 0.1) is 33.5 Å². The van der Waals surface area contributed by atoms with Crippen LogP contribution in [0.15, 0.2) is 192 Å². The van der Waals surface area contributed by atoms with Crippen LogP contribution in [0.5, 0.6) is 0 Å². The van der Waals surface area contributed by atoms with Crippen LogP contribution in [0.1, 0.15) is 202 Å². The van der Waals surface area contributed by atoms with Crippen LogP contribution in [0.4, 0.5) is 26.7 Å². The molecule has 7 aromatic carbocycles. The van der Waals surface area contributed by atoms with E-state index in [0.717, 1.165) is 228 Å². The standard InChI is InChI=1S/C28H37N3O4.C26H35N3O2.C22H31BrN2O3.C20H29BrN2O2.C6H8BNO2.C3H7BrO/c1-5-31(6-2)27(32)23-12-10-21(11-13-23)26(22-14-16-30(17-15-22)18-19-34-3)24-8-7-9-25(20-24)29-28(33)35-4;1-4-29(5-2)26(30)22-11-9-20(10-12-22)25(23-7-6-8-24(27)19-23)21-13-15-28(16-14-21)17-18-31-3;1-6-24(7-2)20(26)18-10-8-16(9-11-18)19(23)17-12-14-25(15-13-17)21(27)28-22(3,4)5;1-4-23(5-2)20(24)18-8-6-16(7-9-18)19(21)17-10-12-22(13-11-17)14-15-25-3;8-6-3-1-2-5(4-6)7(9)10;1-5-3-2-4/h7-13,20H,5-6,14-19H2,1-4H3,(H,29,33);6-12,19H,4-5,13-18,27H2,1-3H3;8-11H,6-7,12-15H2,1-5H3;6-9H,4-5,10-15H2,1-3H3;1-4,9-10H,8H2;2-3H2,1H3. The molecule has 6 amide bonds. The molecule has 0 unspecified atom stereocenters. The Bertz CT molecular complexity index is 4860. The number of carbonyl (C=O) groups excluding carboxylic acids is 6. The number of nitrogens with zero attached hydrogens (tertiary/aromatic N) is 8. The Kier molecular flexibility index (Phi) is 51.6. The average molecular weight is 2040 g/mol. The molecule has 0 aliphatic carbocycles. The second-order valence-electron chi connectivity index (χ2n) is 33.5. The van der Waals surface area contributed by atoms with Crippen molar-refractivity contribution in [2.45, 2.75) is 133 Å². The van der Waals surface area contributed by atoms with Crippen LogP contribution >= 0.6 is 47.8 Å². The molecule has 4 fully saturated rings. The number of alkyl halides is 1. The van der Waals surface area contributed by atoms with Gasteiger partial charge in [0, 0.05) is 206 Å². The second kappa shape index (κ2) is 61.0. The Balaban J connectivity index is 0.000000262. The van der Waals surface area contributed by atoms with Crippen molar-refractivity contribution in [3.05, 3.63) is 248 Å². The highest BCUT2D eigenvalue weighted by Gasteiger charge is 2.29. The summed E-state index contributed by atoms with van der Waals surface area (Å²) in [6.07, 6.45) is 6.96. The summed E-state index contributed by atoms with van der Waals surface area (Å²) in [6, 6.07) is 54.1. The van der Waals surface area contributed by atoms with E-state index in [1.165, 1.54) is 45.5 Å². The van der Waals surface area contributed by atoms with E-state index in [9.17, 15) is 28.8 Å². The number of amides is 6. The number of hydrogen-bond donors (Lipinski definition) is 5. The van der Waals surface area contributed by atoms with Crippen LogP contribution in [0, 0.1) is 0 Å². The first-order valence-electron chi connectivity index (χ1n) is 46.9. The van der Waals surface area contributed by atoms with Crippen LogP contribution < -0.4 is 22.2 Å². The van der Waals surface area contributed by atoms with Crippen molar-refractivity contribution in [3.63, 3.8) is 0 Å². The van der Waals surface area contributed by atoms with E-state index in [1.807, 2.05) is 211 Å². The Labute approximate surface area is 823 Å². The molecule has 4 aliphatic heterocycles. The van der Waals surface area contributed by atoms with Gasteiger partial charge in [0.15, 0.2) is 0 Å². The van der Waals surface area contributed by atoms with Crippen LogP contribution in [0.3, 0.4) is 0 Å². The van der Waals surface area contributed by atoms with Gasteiger partial charge in [0.1, 0.15) is 5.60 Å². The number of carbonyl (C=O) groups is 6. The maximum Gasteiger partial charge on any atom is 0.488 e. The van der Waals surface area contributed by atoms with E-state index in [1.54, 1.807) is 51.5 Å². The van der Waals surface area contributed by atoms with Gasteiger partial charge in [0.2, 0.25) is 0 Å². The molecule has 0 radical (unpaired) electrons. The van der Waals surface area contributed by atoms with Gasteiger partial charge in [-0.05, 0) is 262 Å². The first kappa shape index (κ1) is 113. The molecule has 0 spiro atoms. The zero-order chi connectivity index (χ0) is 98.2. The van der Waals surface area contributed by atoms with Gasteiger partial charge in [-0.15, -0.1) is 0 Å². The molecule has 7 N–H and O–H groups in total. The molecule has 29 heteroatoms. The maximum absolute atomic E-state index is 12.8. The zero-order valence-corrected chi connectivity index (χ0v) is 86.8. The molecule has 0 bridgehead atoms. The summed E-state index contributed by atoms with van der Waals surface area (Å²) in [5, 5.41) is 21.0. The molecule has 4 aliphatic rings. The van der Waals surface area contributed by atoms with Crippen LogP contribution in [-0.2, 0) is 28.4 Å². The lowest BCUT2D eigenvalue weighted by Crippen LogP contribution is -2.40. The number of rotatable bonds is 31. The quantitative estimate of drug-likeness (QED) is 0.0153. The fourth-order valence-corrected chi connectivity index (χ4v) is 17.5. The molecule has 11 rings (SSSR count). The predicted octanol–water partition coefficient (Wildman–Crippen LogP) is 18.5. The number of ether oxygens (including phenoxy) is 6. The van der Waals surface area contributed by atoms with Crippen LogP contribution in [-0.4, -0.2) is 289 Å². The van der Waals surface area contributed by atoms with Crippen molar-refractivity contribution in [1.82, 2.24) is 39.2 Å². The number of piperidine rings is 4. The van der Waals surface area contributed by atoms with Crippen molar-refractivity contribution in [1.29, 1.82) is 0 Å². The molecule has 0 atom stereocenters. The number of nitrogens with two attached hydrogens (primary N) is 2. The lowest BCUT2D eigenvalue weighted by atomic mass is 9.80. The number of anilines is 3. The summed E-state index contributed by atoms with van der Waals surface area (Å²) in [5.41, 5.74) is 30.8. The summed E-state index contributed by atoms with van der Waals surface area (Å²) in [5.74, 6) is 0.297. The summed E-state index contributed by atoms with van der Waals surface area (Å²) in [7, 11) is 6.84. The molecule has 730 valence electrons. The van der Waals surface area contributed by atoms with E-state index in [2.05, 4.69) is 103 Å². The average Bonchev–Trinajstić information content (AvgIpc) is 0.797. The van der Waals surface area contributed by atoms with Crippen LogP contribution in [0.2, 0.25) is 0 Å². The fraction of sp³-hybridized carbons (Fsp3) is 0.467. The van der Waals surface area contributed by atoms with Gasteiger partial charge in [-0.3, -0.25) is 24.5 Å². The van der Waals surface area contributed by atoms with E-state index in [0.29, 0.717) is 67.2 Å². The summed E-state index contributed by atoms with van der Waals surface area (Å²) in [4.78, 5) is 90.7. The minimum absolute atomic E-state index is 0.0477.